The molecule has 1 fully saturated rings. The highest BCUT2D eigenvalue weighted by molar-refractivity contribution is 6.22. The molecule has 0 saturated carbocycles. The van der Waals surface area contributed by atoms with Crippen LogP contribution in [0.3, 0.4) is 0 Å². The zero-order chi connectivity index (χ0) is 23.4. The van der Waals surface area contributed by atoms with Gasteiger partial charge in [0, 0.05) is 5.69 Å². The highest BCUT2D eigenvalue weighted by Crippen LogP contribution is 2.28. The van der Waals surface area contributed by atoms with Crippen LogP contribution in [0, 0.1) is 0 Å². The second kappa shape index (κ2) is 9.39. The number of urea groups is 1. The van der Waals surface area contributed by atoms with Gasteiger partial charge in [0.05, 0.1) is 37.6 Å². The number of hydrogen-bond acceptors (Lipinski definition) is 6. The molecule has 0 spiro atoms. The quantitative estimate of drug-likeness (QED) is 0.439. The Kier molecular flexibility index (Phi) is 6.21. The average molecular weight is 447 g/mol. The third kappa shape index (κ3) is 4.62. The number of ether oxygens (including phenoxy) is 1. The van der Waals surface area contributed by atoms with Crippen molar-refractivity contribution in [2.24, 2.45) is 0 Å². The van der Waals surface area contributed by atoms with Crippen molar-refractivity contribution in [2.45, 2.75) is 19.0 Å². The van der Waals surface area contributed by atoms with E-state index in [2.05, 4.69) is 10.1 Å². The van der Waals surface area contributed by atoms with E-state index in [4.69, 9.17) is 4.42 Å². The lowest BCUT2D eigenvalue weighted by atomic mass is 10.1. The fourth-order valence-electron chi connectivity index (χ4n) is 3.59. The molecular formula is C24H21N3O6. The number of furan rings is 1. The Balaban J connectivity index is 1.52. The van der Waals surface area contributed by atoms with E-state index in [1.54, 1.807) is 54.6 Å². The Labute approximate surface area is 189 Å². The van der Waals surface area contributed by atoms with Gasteiger partial charge < -0.3 is 19.4 Å². The first-order chi connectivity index (χ1) is 16.0. The highest BCUT2D eigenvalue weighted by Gasteiger charge is 2.46. The Hall–Kier alpha value is -4.40. The van der Waals surface area contributed by atoms with Crippen molar-refractivity contribution >= 4 is 35.2 Å². The fraction of sp³-hybridized carbons (Fsp3) is 0.167. The van der Waals surface area contributed by atoms with Crippen LogP contribution in [-0.2, 0) is 20.9 Å². The molecule has 0 radical (unpaired) electrons. The van der Waals surface area contributed by atoms with Crippen molar-refractivity contribution in [3.63, 3.8) is 0 Å². The van der Waals surface area contributed by atoms with Crippen LogP contribution in [-0.4, -0.2) is 41.9 Å². The number of anilines is 2. The molecule has 1 atom stereocenters. The summed E-state index contributed by atoms with van der Waals surface area (Å²) in [4.78, 5) is 53.1. The van der Waals surface area contributed by atoms with E-state index in [1.807, 2.05) is 0 Å². The molecule has 9 heteroatoms. The lowest BCUT2D eigenvalue weighted by molar-refractivity contribution is -0.124. The number of nitrogens with zero attached hydrogens (tertiary/aromatic N) is 2. The largest absolute Gasteiger partial charge is 0.467 e. The summed E-state index contributed by atoms with van der Waals surface area (Å²) in [6, 6.07) is 16.6. The van der Waals surface area contributed by atoms with E-state index < -0.39 is 29.9 Å². The van der Waals surface area contributed by atoms with Gasteiger partial charge in [-0.2, -0.15) is 0 Å². The van der Waals surface area contributed by atoms with Crippen molar-refractivity contribution in [2.75, 3.05) is 17.3 Å². The lowest BCUT2D eigenvalue weighted by Gasteiger charge is -2.20. The molecule has 0 bridgehead atoms. The van der Waals surface area contributed by atoms with Crippen molar-refractivity contribution in [1.82, 2.24) is 4.90 Å². The number of nitrogens with one attached hydrogen (secondary N) is 1. The number of rotatable bonds is 7. The minimum absolute atomic E-state index is 0.0483. The third-order valence-electron chi connectivity index (χ3n) is 5.21. The molecule has 2 aromatic carbocycles. The van der Waals surface area contributed by atoms with Crippen LogP contribution >= 0.6 is 0 Å². The molecule has 4 amide bonds. The Bertz CT molecular complexity index is 1160. The van der Waals surface area contributed by atoms with Crippen LogP contribution in [0.5, 0.6) is 0 Å². The first kappa shape index (κ1) is 21.8. The molecule has 1 N–H and O–H groups in total. The maximum absolute atomic E-state index is 13.2. The maximum Gasteiger partial charge on any atom is 0.337 e. The summed E-state index contributed by atoms with van der Waals surface area (Å²) in [6.07, 6.45) is 1.24. The molecule has 33 heavy (non-hydrogen) atoms. The number of esters is 1. The molecular weight excluding hydrogens is 426 g/mol. The van der Waals surface area contributed by atoms with Crippen LogP contribution in [0.4, 0.5) is 16.2 Å². The van der Waals surface area contributed by atoms with Gasteiger partial charge in [-0.15, -0.1) is 0 Å². The standard InChI is InChI=1S/C24H21N3O6/c1-32-23(30)16-9-11-17(12-10-16)25-21(28)14-20-22(29)27(18-6-3-2-4-7-18)24(31)26(20)15-19-8-5-13-33-19/h2-13,20H,14-15H2,1H3,(H,25,28)/t20-/m1/s1. The summed E-state index contributed by atoms with van der Waals surface area (Å²) in [5.74, 6) is -0.937. The van der Waals surface area contributed by atoms with Gasteiger partial charge in [-0.1, -0.05) is 18.2 Å². The van der Waals surface area contributed by atoms with Crippen LogP contribution in [0.15, 0.2) is 77.4 Å². The van der Waals surface area contributed by atoms with Crippen LogP contribution in [0.2, 0.25) is 0 Å². The molecule has 0 aliphatic carbocycles. The van der Waals surface area contributed by atoms with Gasteiger partial charge >= 0.3 is 12.0 Å². The average Bonchev–Trinajstić information content (AvgIpc) is 3.42. The number of para-hydroxylation sites is 1. The minimum Gasteiger partial charge on any atom is -0.467 e. The molecule has 1 saturated heterocycles. The Morgan fingerprint density at radius 3 is 2.36 bits per heavy atom. The Morgan fingerprint density at radius 2 is 1.73 bits per heavy atom. The first-order valence-corrected chi connectivity index (χ1v) is 10.2. The van der Waals surface area contributed by atoms with Gasteiger partial charge in [-0.25, -0.2) is 14.5 Å². The number of carbonyl (C=O) groups is 4. The number of carbonyl (C=O) groups excluding carboxylic acids is 4. The molecule has 1 aromatic heterocycles. The van der Waals surface area contributed by atoms with E-state index >= 15 is 0 Å². The smallest absolute Gasteiger partial charge is 0.337 e. The van der Waals surface area contributed by atoms with Crippen molar-refractivity contribution < 1.29 is 28.3 Å². The number of hydrogen-bond donors (Lipinski definition) is 1. The van der Waals surface area contributed by atoms with Gasteiger partial charge in [0.1, 0.15) is 11.8 Å². The molecule has 2 heterocycles. The van der Waals surface area contributed by atoms with Crippen LogP contribution in [0.1, 0.15) is 22.5 Å². The molecule has 4 rings (SSSR count). The molecule has 168 valence electrons. The van der Waals surface area contributed by atoms with Crippen LogP contribution in [0.25, 0.3) is 0 Å². The first-order valence-electron chi connectivity index (χ1n) is 10.2. The molecule has 1 aliphatic heterocycles. The zero-order valence-corrected chi connectivity index (χ0v) is 17.8. The summed E-state index contributed by atoms with van der Waals surface area (Å²) >= 11 is 0. The van der Waals surface area contributed by atoms with Crippen LogP contribution < -0.4 is 10.2 Å². The molecule has 9 nitrogen and oxygen atoms in total. The summed E-state index contributed by atoms with van der Waals surface area (Å²) in [5, 5.41) is 2.70. The predicted octanol–water partition coefficient (Wildman–Crippen LogP) is 3.43. The van der Waals surface area contributed by atoms with Crippen molar-refractivity contribution in [3.05, 3.63) is 84.3 Å². The zero-order valence-electron chi connectivity index (χ0n) is 17.8. The molecule has 0 unspecified atom stereocenters. The fourth-order valence-corrected chi connectivity index (χ4v) is 3.59. The van der Waals surface area contributed by atoms with Gasteiger partial charge in [-0.3, -0.25) is 9.59 Å². The maximum atomic E-state index is 13.2. The van der Waals surface area contributed by atoms with Gasteiger partial charge in [0.15, 0.2) is 0 Å². The summed E-state index contributed by atoms with van der Waals surface area (Å²) in [5.41, 5.74) is 1.22. The SMILES string of the molecule is COC(=O)c1ccc(NC(=O)C[C@@H]2C(=O)N(c3ccccc3)C(=O)N2Cc2ccco2)cc1. The second-order valence-electron chi connectivity index (χ2n) is 7.34. The number of benzene rings is 2. The number of methoxy groups -OCH3 is 1. The summed E-state index contributed by atoms with van der Waals surface area (Å²) in [6.45, 7) is 0.0483. The predicted molar refractivity (Wildman–Crippen MR) is 118 cm³/mol. The van der Waals surface area contributed by atoms with E-state index in [9.17, 15) is 19.2 Å². The number of amides is 4. The normalized spacial score (nSPS) is 15.6. The lowest BCUT2D eigenvalue weighted by Crippen LogP contribution is -2.37. The number of imide groups is 1. The van der Waals surface area contributed by atoms with E-state index in [1.165, 1.54) is 30.4 Å². The van der Waals surface area contributed by atoms with Gasteiger partial charge in [-0.05, 0) is 48.5 Å². The third-order valence-corrected chi connectivity index (χ3v) is 5.21. The molecule has 3 aromatic rings. The van der Waals surface area contributed by atoms with E-state index in [0.717, 1.165) is 4.90 Å². The topological polar surface area (TPSA) is 109 Å². The summed E-state index contributed by atoms with van der Waals surface area (Å²) < 4.78 is 10.0. The molecule has 1 aliphatic rings. The van der Waals surface area contributed by atoms with E-state index in [0.29, 0.717) is 22.7 Å². The summed E-state index contributed by atoms with van der Waals surface area (Å²) in [7, 11) is 1.28. The van der Waals surface area contributed by atoms with Gasteiger partial charge in [0.2, 0.25) is 5.91 Å². The monoisotopic (exact) mass is 447 g/mol. The van der Waals surface area contributed by atoms with E-state index in [-0.39, 0.29) is 13.0 Å². The minimum atomic E-state index is -1.00. The van der Waals surface area contributed by atoms with Crippen molar-refractivity contribution in [1.29, 1.82) is 0 Å². The second-order valence-corrected chi connectivity index (χ2v) is 7.34. The highest BCUT2D eigenvalue weighted by atomic mass is 16.5. The van der Waals surface area contributed by atoms with Gasteiger partial charge in [0.25, 0.3) is 5.91 Å². The van der Waals surface area contributed by atoms with Crippen molar-refractivity contribution in [3.8, 4) is 0 Å². The Morgan fingerprint density at radius 1 is 1.00 bits per heavy atom.